The van der Waals surface area contributed by atoms with Crippen molar-refractivity contribution in [1.82, 2.24) is 0 Å². The van der Waals surface area contributed by atoms with E-state index in [1.54, 1.807) is 25.1 Å². The number of para-hydroxylation sites is 1. The molecule has 0 amide bonds. The molecule has 136 valence electrons. The maximum atomic E-state index is 12.2. The molecule has 0 unspecified atom stereocenters. The topological polar surface area (TPSA) is 86.5 Å². The van der Waals surface area contributed by atoms with Crippen LogP contribution in [-0.2, 0) is 4.74 Å². The van der Waals surface area contributed by atoms with E-state index in [9.17, 15) is 19.7 Å². The summed E-state index contributed by atoms with van der Waals surface area (Å²) >= 11 is 0. The predicted octanol–water partition coefficient (Wildman–Crippen LogP) is 4.46. The van der Waals surface area contributed by atoms with Crippen molar-refractivity contribution >= 4 is 17.4 Å². The largest absolute Gasteiger partial charge is 0.454 e. The molecule has 0 aliphatic rings. The van der Waals surface area contributed by atoms with E-state index >= 15 is 0 Å². The number of esters is 1. The second-order valence-electron chi connectivity index (χ2n) is 6.16. The number of carbonyl (C=O) groups is 2. The Kier molecular flexibility index (Phi) is 6.22. The van der Waals surface area contributed by atoms with Crippen LogP contribution in [0.15, 0.2) is 42.5 Å². The Morgan fingerprint density at radius 1 is 1.15 bits per heavy atom. The molecular formula is C20H21NO5. The zero-order valence-corrected chi connectivity index (χ0v) is 15.0. The maximum Gasteiger partial charge on any atom is 0.345 e. The number of carbonyl (C=O) groups excluding carboxylic acids is 2. The Morgan fingerprint density at radius 3 is 2.38 bits per heavy atom. The number of nitro benzene ring substituents is 1. The molecule has 0 aliphatic heterocycles. The van der Waals surface area contributed by atoms with Gasteiger partial charge in [0.15, 0.2) is 12.4 Å². The molecule has 0 N–H and O–H groups in total. The molecule has 6 heteroatoms. The van der Waals surface area contributed by atoms with E-state index in [1.807, 2.05) is 12.1 Å². The lowest BCUT2D eigenvalue weighted by Crippen LogP contribution is -2.15. The normalized spacial score (nSPS) is 11.7. The quantitative estimate of drug-likeness (QED) is 0.317. The zero-order chi connectivity index (χ0) is 19.3. The number of benzene rings is 2. The van der Waals surface area contributed by atoms with Gasteiger partial charge < -0.3 is 4.74 Å². The van der Waals surface area contributed by atoms with Crippen LogP contribution < -0.4 is 0 Å². The molecule has 0 saturated carbocycles. The molecule has 0 radical (unpaired) electrons. The van der Waals surface area contributed by atoms with E-state index in [4.69, 9.17) is 4.74 Å². The summed E-state index contributed by atoms with van der Waals surface area (Å²) in [5, 5.41) is 11.1. The third kappa shape index (κ3) is 4.33. The van der Waals surface area contributed by atoms with Crippen molar-refractivity contribution in [1.29, 1.82) is 0 Å². The molecule has 2 rings (SSSR count). The number of hydrogen-bond donors (Lipinski definition) is 0. The Labute approximate surface area is 151 Å². The molecule has 26 heavy (non-hydrogen) atoms. The standard InChI is InChI=1S/C20H21NO5/c1-4-13(2)15-8-10-16(11-9-15)18(22)12-26-20(23)17-7-5-6-14(3)19(17)21(24)25/h5-11,13H,4,12H2,1-3H3/t13-/m0/s1. The summed E-state index contributed by atoms with van der Waals surface area (Å²) in [5.74, 6) is -0.840. The summed E-state index contributed by atoms with van der Waals surface area (Å²) in [6, 6.07) is 11.6. The van der Waals surface area contributed by atoms with Gasteiger partial charge in [-0.2, -0.15) is 0 Å². The van der Waals surface area contributed by atoms with Crippen LogP contribution in [0, 0.1) is 17.0 Å². The van der Waals surface area contributed by atoms with E-state index < -0.39 is 17.5 Å². The van der Waals surface area contributed by atoms with Crippen LogP contribution in [0.5, 0.6) is 0 Å². The van der Waals surface area contributed by atoms with Crippen LogP contribution in [0.25, 0.3) is 0 Å². The first kappa shape index (κ1) is 19.3. The third-order valence-corrected chi connectivity index (χ3v) is 4.39. The van der Waals surface area contributed by atoms with E-state index in [2.05, 4.69) is 13.8 Å². The van der Waals surface area contributed by atoms with Gasteiger partial charge in [0.1, 0.15) is 5.56 Å². The number of ketones is 1. The Hall–Kier alpha value is -3.02. The van der Waals surface area contributed by atoms with Crippen molar-refractivity contribution < 1.29 is 19.2 Å². The van der Waals surface area contributed by atoms with Gasteiger partial charge in [-0.05, 0) is 30.9 Å². The van der Waals surface area contributed by atoms with E-state index in [0.29, 0.717) is 17.0 Å². The first-order chi connectivity index (χ1) is 12.3. The summed E-state index contributed by atoms with van der Waals surface area (Å²) in [7, 11) is 0. The summed E-state index contributed by atoms with van der Waals surface area (Å²) in [6.07, 6.45) is 1.00. The Morgan fingerprint density at radius 2 is 1.81 bits per heavy atom. The van der Waals surface area contributed by atoms with Crippen molar-refractivity contribution in [3.05, 3.63) is 74.8 Å². The fraction of sp³-hybridized carbons (Fsp3) is 0.300. The Bertz CT molecular complexity index is 827. The highest BCUT2D eigenvalue weighted by atomic mass is 16.6. The van der Waals surface area contributed by atoms with Crippen molar-refractivity contribution in [2.75, 3.05) is 6.61 Å². The molecule has 0 fully saturated rings. The van der Waals surface area contributed by atoms with Crippen molar-refractivity contribution in [2.45, 2.75) is 33.1 Å². The van der Waals surface area contributed by atoms with Gasteiger partial charge in [-0.3, -0.25) is 14.9 Å². The summed E-state index contributed by atoms with van der Waals surface area (Å²) < 4.78 is 5.00. The van der Waals surface area contributed by atoms with Crippen molar-refractivity contribution in [3.63, 3.8) is 0 Å². The minimum atomic E-state index is -0.884. The molecule has 0 bridgehead atoms. The van der Waals surface area contributed by atoms with E-state index in [1.165, 1.54) is 12.1 Å². The molecule has 0 aliphatic carbocycles. The molecule has 2 aromatic carbocycles. The average Bonchev–Trinajstić information content (AvgIpc) is 2.64. The van der Waals surface area contributed by atoms with Crippen molar-refractivity contribution in [3.8, 4) is 0 Å². The lowest BCUT2D eigenvalue weighted by molar-refractivity contribution is -0.385. The number of aryl methyl sites for hydroxylation is 1. The van der Waals surface area contributed by atoms with Gasteiger partial charge >= 0.3 is 5.97 Å². The van der Waals surface area contributed by atoms with Crippen LogP contribution >= 0.6 is 0 Å². The highest BCUT2D eigenvalue weighted by Gasteiger charge is 2.24. The second kappa shape index (κ2) is 8.38. The molecule has 6 nitrogen and oxygen atoms in total. The van der Waals surface area contributed by atoms with Crippen LogP contribution in [0.2, 0.25) is 0 Å². The van der Waals surface area contributed by atoms with Gasteiger partial charge in [-0.25, -0.2) is 4.79 Å². The van der Waals surface area contributed by atoms with Gasteiger partial charge in [0.2, 0.25) is 0 Å². The lowest BCUT2D eigenvalue weighted by atomic mass is 9.97. The zero-order valence-electron chi connectivity index (χ0n) is 15.0. The number of Topliss-reactive ketones (excluding diaryl/α,β-unsaturated/α-hetero) is 1. The van der Waals surface area contributed by atoms with Crippen LogP contribution in [0.1, 0.15) is 58.0 Å². The smallest absolute Gasteiger partial charge is 0.345 e. The molecule has 2 aromatic rings. The highest BCUT2D eigenvalue weighted by Crippen LogP contribution is 2.24. The Balaban J connectivity index is 2.07. The predicted molar refractivity (Wildman–Crippen MR) is 97.6 cm³/mol. The van der Waals surface area contributed by atoms with Crippen LogP contribution in [0.3, 0.4) is 0 Å². The summed E-state index contributed by atoms with van der Waals surface area (Å²) in [4.78, 5) is 34.9. The summed E-state index contributed by atoms with van der Waals surface area (Å²) in [5.41, 5.74) is 1.47. The second-order valence-corrected chi connectivity index (χ2v) is 6.16. The monoisotopic (exact) mass is 355 g/mol. The van der Waals surface area contributed by atoms with Crippen LogP contribution in [0.4, 0.5) is 5.69 Å². The number of hydrogen-bond acceptors (Lipinski definition) is 5. The van der Waals surface area contributed by atoms with E-state index in [-0.39, 0.29) is 17.0 Å². The summed E-state index contributed by atoms with van der Waals surface area (Å²) in [6.45, 7) is 5.27. The van der Waals surface area contributed by atoms with Crippen molar-refractivity contribution in [2.24, 2.45) is 0 Å². The minimum absolute atomic E-state index is 0.157. The number of ether oxygens (including phenoxy) is 1. The van der Waals surface area contributed by atoms with Gasteiger partial charge in [0, 0.05) is 11.1 Å². The third-order valence-electron chi connectivity index (χ3n) is 4.39. The van der Waals surface area contributed by atoms with Gasteiger partial charge in [0.05, 0.1) is 4.92 Å². The lowest BCUT2D eigenvalue weighted by Gasteiger charge is -2.10. The molecule has 0 aromatic heterocycles. The fourth-order valence-corrected chi connectivity index (χ4v) is 2.59. The molecule has 0 saturated heterocycles. The number of nitrogens with zero attached hydrogens (tertiary/aromatic N) is 1. The molecule has 1 atom stereocenters. The molecule has 0 heterocycles. The molecular weight excluding hydrogens is 334 g/mol. The van der Waals surface area contributed by atoms with E-state index in [0.717, 1.165) is 12.0 Å². The van der Waals surface area contributed by atoms with Gasteiger partial charge in [-0.15, -0.1) is 0 Å². The number of nitro groups is 1. The SMILES string of the molecule is CC[C@H](C)c1ccc(C(=O)COC(=O)c2cccc(C)c2[N+](=O)[O-])cc1. The maximum absolute atomic E-state index is 12.2. The van der Waals surface area contributed by atoms with Gasteiger partial charge in [-0.1, -0.05) is 50.2 Å². The first-order valence-electron chi connectivity index (χ1n) is 8.39. The first-order valence-corrected chi connectivity index (χ1v) is 8.39. The highest BCUT2D eigenvalue weighted by molar-refractivity contribution is 6.00. The number of rotatable bonds is 7. The average molecular weight is 355 g/mol. The molecule has 0 spiro atoms. The van der Waals surface area contributed by atoms with Gasteiger partial charge in [0.25, 0.3) is 5.69 Å². The van der Waals surface area contributed by atoms with Crippen LogP contribution in [-0.4, -0.2) is 23.3 Å². The minimum Gasteiger partial charge on any atom is -0.454 e. The fourth-order valence-electron chi connectivity index (χ4n) is 2.59.